The summed E-state index contributed by atoms with van der Waals surface area (Å²) in [6, 6.07) is 10.2. The number of nitriles is 2. The summed E-state index contributed by atoms with van der Waals surface area (Å²) in [7, 11) is 0. The van der Waals surface area contributed by atoms with Crippen molar-refractivity contribution in [2.45, 2.75) is 19.8 Å². The molecule has 0 bridgehead atoms. The third-order valence-electron chi connectivity index (χ3n) is 3.58. The lowest BCUT2D eigenvalue weighted by Crippen LogP contribution is -2.34. The van der Waals surface area contributed by atoms with Gasteiger partial charge in [0.2, 0.25) is 0 Å². The van der Waals surface area contributed by atoms with Crippen LogP contribution in [-0.4, -0.2) is 10.1 Å². The Morgan fingerprint density at radius 2 is 1.60 bits per heavy atom. The Labute approximate surface area is 122 Å². The minimum Gasteiger partial charge on any atom is -0.297 e. The van der Waals surface area contributed by atoms with Crippen LogP contribution in [0.3, 0.4) is 0 Å². The van der Waals surface area contributed by atoms with Crippen molar-refractivity contribution in [3.63, 3.8) is 0 Å². The third-order valence-corrected chi connectivity index (χ3v) is 4.52. The molecule has 0 aliphatic carbocycles. The Morgan fingerprint density at radius 1 is 1.05 bits per heavy atom. The van der Waals surface area contributed by atoms with Crippen LogP contribution in [0.1, 0.15) is 22.6 Å². The minimum absolute atomic E-state index is 0.162. The highest BCUT2D eigenvalue weighted by atomic mass is 32.2. The quantitative estimate of drug-likeness (QED) is 0.826. The highest BCUT2D eigenvalue weighted by molar-refractivity contribution is 8.26. The van der Waals surface area contributed by atoms with Crippen LogP contribution in [0.25, 0.3) is 0 Å². The Balaban J connectivity index is 2.61. The van der Waals surface area contributed by atoms with E-state index >= 15 is 0 Å². The molecule has 2 atom stereocenters. The summed E-state index contributed by atoms with van der Waals surface area (Å²) < 4.78 is 0. The fourth-order valence-electron chi connectivity index (χ4n) is 2.52. The molecular weight excluding hydrogens is 268 g/mol. The number of nitrogens with zero attached hydrogens (tertiary/aromatic N) is 2. The molecule has 0 saturated carbocycles. The maximum absolute atomic E-state index is 9.37. The zero-order valence-corrected chi connectivity index (χ0v) is 12.1. The molecule has 0 radical (unpaired) electrons. The summed E-state index contributed by atoms with van der Waals surface area (Å²) in [4.78, 5) is 0. The topological polar surface area (TPSA) is 95.3 Å². The molecule has 20 heavy (non-hydrogen) atoms. The molecule has 1 aromatic rings. The van der Waals surface area contributed by atoms with Crippen molar-refractivity contribution in [2.75, 3.05) is 0 Å². The van der Waals surface area contributed by atoms with Crippen molar-refractivity contribution in [3.05, 3.63) is 34.9 Å². The summed E-state index contributed by atoms with van der Waals surface area (Å²) in [6.07, 6.45) is 0. The molecule has 1 saturated heterocycles. The first-order chi connectivity index (χ1) is 9.49. The van der Waals surface area contributed by atoms with E-state index in [0.717, 1.165) is 28.5 Å². The molecule has 1 heterocycles. The first-order valence-electron chi connectivity index (χ1n) is 6.20. The lowest BCUT2D eigenvalue weighted by Gasteiger charge is -2.32. The van der Waals surface area contributed by atoms with Gasteiger partial charge in [-0.1, -0.05) is 35.5 Å². The predicted octanol–water partition coefficient (Wildman–Crippen LogP) is 3.37. The van der Waals surface area contributed by atoms with Crippen molar-refractivity contribution < 1.29 is 0 Å². The largest absolute Gasteiger partial charge is 0.297 e. The van der Waals surface area contributed by atoms with Gasteiger partial charge in [-0.2, -0.15) is 10.5 Å². The molecule has 1 aliphatic rings. The zero-order valence-electron chi connectivity index (χ0n) is 11.3. The van der Waals surface area contributed by atoms with Gasteiger partial charge in [-0.05, 0) is 25.0 Å². The molecule has 1 aliphatic heterocycles. The predicted molar refractivity (Wildman–Crippen MR) is 79.9 cm³/mol. The van der Waals surface area contributed by atoms with Gasteiger partial charge in [0.05, 0.1) is 22.2 Å². The number of benzene rings is 1. The van der Waals surface area contributed by atoms with Crippen molar-refractivity contribution >= 4 is 21.8 Å². The Morgan fingerprint density at radius 3 is 2.10 bits per heavy atom. The van der Waals surface area contributed by atoms with Crippen LogP contribution in [0, 0.1) is 59.2 Å². The molecule has 4 nitrogen and oxygen atoms in total. The smallest absolute Gasteiger partial charge is 0.103 e. The minimum atomic E-state index is -0.653. The zero-order chi connectivity index (χ0) is 14.9. The molecular formula is C15H14N4S. The van der Waals surface area contributed by atoms with Gasteiger partial charge < -0.3 is 0 Å². The van der Waals surface area contributed by atoms with Crippen molar-refractivity contribution in [1.29, 1.82) is 21.3 Å². The van der Waals surface area contributed by atoms with Gasteiger partial charge in [0.25, 0.3) is 0 Å². The maximum atomic E-state index is 9.37. The molecule has 0 aromatic heterocycles. The average molecular weight is 282 g/mol. The van der Waals surface area contributed by atoms with Crippen LogP contribution >= 0.6 is 11.8 Å². The maximum Gasteiger partial charge on any atom is 0.103 e. The van der Waals surface area contributed by atoms with Gasteiger partial charge in [-0.15, -0.1) is 0 Å². The van der Waals surface area contributed by atoms with Crippen molar-refractivity contribution in [2.24, 2.45) is 11.8 Å². The number of rotatable bonds is 1. The van der Waals surface area contributed by atoms with Crippen LogP contribution in [-0.2, 0) is 0 Å². The Hall–Kier alpha value is -2.11. The van der Waals surface area contributed by atoms with Crippen LogP contribution < -0.4 is 0 Å². The van der Waals surface area contributed by atoms with E-state index in [1.54, 1.807) is 0 Å². The van der Waals surface area contributed by atoms with E-state index in [2.05, 4.69) is 12.1 Å². The lowest BCUT2D eigenvalue weighted by atomic mass is 9.76. The van der Waals surface area contributed by atoms with E-state index < -0.39 is 17.8 Å². The second-order valence-corrected chi connectivity index (χ2v) is 6.01. The van der Waals surface area contributed by atoms with Gasteiger partial charge in [-0.25, -0.2) is 0 Å². The standard InChI is InChI=1S/C15H14N4S/c1-8-3-4-9(2)10(5-8)13-11(6-16)14(18)20-15(19)12(13)7-17/h3-5,11-13,18-19H,1-2H3. The average Bonchev–Trinajstić information content (AvgIpc) is 2.41. The molecule has 100 valence electrons. The van der Waals surface area contributed by atoms with Crippen LogP contribution in [0.5, 0.6) is 0 Å². The monoisotopic (exact) mass is 282 g/mol. The number of nitrogens with one attached hydrogen (secondary N) is 2. The first-order valence-corrected chi connectivity index (χ1v) is 7.02. The van der Waals surface area contributed by atoms with E-state index in [1.165, 1.54) is 0 Å². The Bertz CT molecular complexity index is 633. The van der Waals surface area contributed by atoms with Crippen molar-refractivity contribution in [1.82, 2.24) is 0 Å². The van der Waals surface area contributed by atoms with E-state index in [4.69, 9.17) is 10.8 Å². The summed E-state index contributed by atoms with van der Waals surface area (Å²) in [5.41, 5.74) is 2.95. The fourth-order valence-corrected chi connectivity index (χ4v) is 3.41. The summed E-state index contributed by atoms with van der Waals surface area (Å²) >= 11 is 0.937. The second kappa shape index (κ2) is 5.48. The summed E-state index contributed by atoms with van der Waals surface area (Å²) in [6.45, 7) is 3.90. The molecule has 0 spiro atoms. The van der Waals surface area contributed by atoms with Crippen LogP contribution in [0.15, 0.2) is 18.2 Å². The van der Waals surface area contributed by atoms with Gasteiger partial charge >= 0.3 is 0 Å². The Kier molecular flexibility index (Phi) is 3.92. The van der Waals surface area contributed by atoms with Gasteiger partial charge in [0, 0.05) is 5.92 Å². The van der Waals surface area contributed by atoms with Gasteiger partial charge in [-0.3, -0.25) is 10.8 Å². The number of hydrogen-bond acceptors (Lipinski definition) is 5. The third kappa shape index (κ3) is 2.33. The first kappa shape index (κ1) is 14.3. The molecule has 2 unspecified atom stereocenters. The molecule has 2 rings (SSSR count). The van der Waals surface area contributed by atoms with E-state index in [1.807, 2.05) is 32.0 Å². The molecule has 2 N–H and O–H groups in total. The highest BCUT2D eigenvalue weighted by Gasteiger charge is 2.42. The van der Waals surface area contributed by atoms with E-state index in [-0.39, 0.29) is 10.1 Å². The number of thioether (sulfide) groups is 1. The number of hydrogen-bond donors (Lipinski definition) is 2. The molecule has 1 aromatic carbocycles. The van der Waals surface area contributed by atoms with E-state index in [0.29, 0.717) is 0 Å². The molecule has 1 fully saturated rings. The lowest BCUT2D eigenvalue weighted by molar-refractivity contribution is 0.573. The second-order valence-electron chi connectivity index (χ2n) is 4.93. The summed E-state index contributed by atoms with van der Waals surface area (Å²) in [5, 5.41) is 34.9. The normalized spacial score (nSPS) is 25.9. The SMILES string of the molecule is Cc1ccc(C)c(C2C(C#N)C(=N)SC(=N)C2C#N)c1. The number of aryl methyl sites for hydroxylation is 2. The van der Waals surface area contributed by atoms with Crippen molar-refractivity contribution in [3.8, 4) is 12.1 Å². The van der Waals surface area contributed by atoms with Crippen LogP contribution in [0.2, 0.25) is 0 Å². The van der Waals surface area contributed by atoms with Gasteiger partial charge in [0.15, 0.2) is 0 Å². The highest BCUT2D eigenvalue weighted by Crippen LogP contribution is 2.43. The summed E-state index contributed by atoms with van der Waals surface area (Å²) in [5.74, 6) is -1.73. The van der Waals surface area contributed by atoms with Crippen LogP contribution in [0.4, 0.5) is 0 Å². The van der Waals surface area contributed by atoms with E-state index in [9.17, 15) is 10.5 Å². The molecule has 5 heteroatoms. The van der Waals surface area contributed by atoms with Gasteiger partial charge in [0.1, 0.15) is 11.8 Å². The molecule has 0 amide bonds. The fraction of sp³-hybridized carbons (Fsp3) is 0.333.